The summed E-state index contributed by atoms with van der Waals surface area (Å²) in [6.07, 6.45) is -5.55. The van der Waals surface area contributed by atoms with Crippen LogP contribution in [0.4, 0.5) is 36.8 Å². The Kier molecular flexibility index (Phi) is 8.73. The second-order valence-electron chi connectivity index (χ2n) is 12.9. The molecule has 2 aromatic heterocycles. The quantitative estimate of drug-likeness (QED) is 0.218. The lowest BCUT2D eigenvalue weighted by Gasteiger charge is -2.27. The summed E-state index contributed by atoms with van der Waals surface area (Å²) in [4.78, 5) is 27.6. The Morgan fingerprint density at radius 2 is 1.80 bits per heavy atom. The number of ether oxygens (including phenoxy) is 1. The molecule has 4 aromatic rings. The molecule has 0 bridgehead atoms. The minimum Gasteiger partial charge on any atom is -0.444 e. The smallest absolute Gasteiger partial charge is 0.419 e. The van der Waals surface area contributed by atoms with Crippen LogP contribution in [0.5, 0.6) is 0 Å². The van der Waals surface area contributed by atoms with Crippen LogP contribution in [-0.2, 0) is 33.6 Å². The highest BCUT2D eigenvalue weighted by molar-refractivity contribution is 6.00. The van der Waals surface area contributed by atoms with Gasteiger partial charge in [0.25, 0.3) is 11.8 Å². The van der Waals surface area contributed by atoms with Gasteiger partial charge in [0.1, 0.15) is 22.9 Å². The Morgan fingerprint density at radius 3 is 2.39 bits per heavy atom. The molecule has 0 aliphatic carbocycles. The molecule has 17 heteroatoms. The number of fused-ring (bicyclic) bond motifs is 1. The fourth-order valence-corrected chi connectivity index (χ4v) is 4.91. The third kappa shape index (κ3) is 7.37. The number of rotatable bonds is 6. The zero-order chi connectivity index (χ0) is 36.1. The van der Waals surface area contributed by atoms with Crippen molar-refractivity contribution in [3.05, 3.63) is 77.2 Å². The molecule has 11 nitrogen and oxygen atoms in total. The molecule has 5 rings (SSSR count). The van der Waals surface area contributed by atoms with Crippen LogP contribution in [0.1, 0.15) is 63.6 Å². The standard InChI is InChI=1S/C32H29F6N7O4/c1-29(2,3)49-28(47)41-23-12-31(34,35)21-11-22(33)20(25-42-43-27(48-25)30(4,5)16-39)10-24(21)44(26(23)46)14-17-6-8-19(9-7-17)45-15-18(13-40-45)32(36,37)38/h6-11,13,15,23H,12,14H2,1-5H3,(H,41,47). The van der Waals surface area contributed by atoms with Crippen molar-refractivity contribution in [3.63, 3.8) is 0 Å². The van der Waals surface area contributed by atoms with Gasteiger partial charge in [-0.05, 0) is 64.4 Å². The maximum Gasteiger partial charge on any atom is 0.419 e. The van der Waals surface area contributed by atoms with Gasteiger partial charge in [-0.25, -0.2) is 22.6 Å². The lowest BCUT2D eigenvalue weighted by Crippen LogP contribution is -2.49. The molecule has 0 radical (unpaired) electrons. The number of nitriles is 1. The predicted molar refractivity (Wildman–Crippen MR) is 160 cm³/mol. The van der Waals surface area contributed by atoms with E-state index in [0.717, 1.165) is 21.8 Å². The number of nitrogens with zero attached hydrogens (tertiary/aromatic N) is 6. The lowest BCUT2D eigenvalue weighted by atomic mass is 9.96. The van der Waals surface area contributed by atoms with Gasteiger partial charge in [0, 0.05) is 18.2 Å². The van der Waals surface area contributed by atoms with E-state index in [1.165, 1.54) is 38.1 Å². The Balaban J connectivity index is 1.58. The summed E-state index contributed by atoms with van der Waals surface area (Å²) < 4.78 is 98.3. The van der Waals surface area contributed by atoms with Gasteiger partial charge >= 0.3 is 12.3 Å². The fraction of sp³-hybridized carbons (Fsp3) is 0.375. The highest BCUT2D eigenvalue weighted by atomic mass is 19.4. The Bertz CT molecular complexity index is 1940. The number of halogens is 6. The molecule has 1 N–H and O–H groups in total. The summed E-state index contributed by atoms with van der Waals surface area (Å²) in [6.45, 7) is 7.18. The van der Waals surface area contributed by atoms with Crippen LogP contribution in [0.15, 0.2) is 53.2 Å². The van der Waals surface area contributed by atoms with Gasteiger partial charge in [0.2, 0.25) is 11.8 Å². The van der Waals surface area contributed by atoms with Crippen molar-refractivity contribution in [2.45, 2.75) is 76.7 Å². The first-order chi connectivity index (χ1) is 22.7. The van der Waals surface area contributed by atoms with Crippen molar-refractivity contribution in [2.75, 3.05) is 4.90 Å². The molecule has 0 fully saturated rings. The van der Waals surface area contributed by atoms with E-state index in [-0.39, 0.29) is 11.6 Å². The van der Waals surface area contributed by atoms with Gasteiger partial charge in [0.15, 0.2) is 0 Å². The fourth-order valence-electron chi connectivity index (χ4n) is 4.91. The average molecular weight is 690 g/mol. The largest absolute Gasteiger partial charge is 0.444 e. The summed E-state index contributed by atoms with van der Waals surface area (Å²) >= 11 is 0. The second-order valence-corrected chi connectivity index (χ2v) is 12.9. The minimum absolute atomic E-state index is 0.168. The second kappa shape index (κ2) is 12.2. The molecule has 0 spiro atoms. The van der Waals surface area contributed by atoms with Crippen molar-refractivity contribution in [1.29, 1.82) is 5.26 Å². The number of hydrogen-bond donors (Lipinski definition) is 1. The summed E-state index contributed by atoms with van der Waals surface area (Å²) in [6, 6.07) is 7.30. The van der Waals surface area contributed by atoms with Crippen molar-refractivity contribution in [1.82, 2.24) is 25.3 Å². The molecule has 3 heterocycles. The summed E-state index contributed by atoms with van der Waals surface area (Å²) in [5.74, 6) is -6.65. The molecular formula is C32H29F6N7O4. The topological polar surface area (TPSA) is 139 Å². The first kappa shape index (κ1) is 34.9. The van der Waals surface area contributed by atoms with Crippen LogP contribution in [0.3, 0.4) is 0 Å². The van der Waals surface area contributed by atoms with E-state index in [0.29, 0.717) is 17.8 Å². The van der Waals surface area contributed by atoms with Crippen molar-refractivity contribution in [3.8, 4) is 23.2 Å². The summed E-state index contributed by atoms with van der Waals surface area (Å²) in [5, 5.41) is 22.9. The van der Waals surface area contributed by atoms with Gasteiger partial charge in [0.05, 0.1) is 41.3 Å². The number of carbonyl (C=O) groups is 2. The number of benzene rings is 2. The summed E-state index contributed by atoms with van der Waals surface area (Å²) in [7, 11) is 0. The van der Waals surface area contributed by atoms with Gasteiger partial charge in [-0.3, -0.25) is 4.79 Å². The molecule has 258 valence electrons. The summed E-state index contributed by atoms with van der Waals surface area (Å²) in [5.41, 5.74) is -4.45. The predicted octanol–water partition coefficient (Wildman–Crippen LogP) is 6.80. The monoisotopic (exact) mass is 689 g/mol. The number of anilines is 1. The molecule has 1 aliphatic rings. The van der Waals surface area contributed by atoms with Crippen molar-refractivity contribution < 1.29 is 45.1 Å². The average Bonchev–Trinajstić information content (AvgIpc) is 3.69. The van der Waals surface area contributed by atoms with Crippen LogP contribution in [0, 0.1) is 17.1 Å². The van der Waals surface area contributed by atoms with Crippen LogP contribution >= 0.6 is 0 Å². The number of hydrogen-bond acceptors (Lipinski definition) is 8. The maximum absolute atomic E-state index is 15.9. The van der Waals surface area contributed by atoms with Crippen LogP contribution in [0.2, 0.25) is 0 Å². The van der Waals surface area contributed by atoms with E-state index in [4.69, 9.17) is 9.15 Å². The van der Waals surface area contributed by atoms with Crippen LogP contribution in [-0.4, -0.2) is 43.6 Å². The number of aromatic nitrogens is 4. The highest BCUT2D eigenvalue weighted by Crippen LogP contribution is 2.45. The molecule has 0 saturated carbocycles. The molecule has 2 aromatic carbocycles. The molecular weight excluding hydrogens is 660 g/mol. The van der Waals surface area contributed by atoms with E-state index < -0.39 is 88.2 Å². The highest BCUT2D eigenvalue weighted by Gasteiger charge is 2.47. The molecule has 1 unspecified atom stereocenters. The first-order valence-corrected chi connectivity index (χ1v) is 14.7. The molecule has 1 atom stereocenters. The molecule has 49 heavy (non-hydrogen) atoms. The van der Waals surface area contributed by atoms with E-state index in [9.17, 15) is 28.0 Å². The van der Waals surface area contributed by atoms with Crippen LogP contribution in [0.25, 0.3) is 17.1 Å². The number of nitrogens with one attached hydrogen (secondary N) is 1. The van der Waals surface area contributed by atoms with Gasteiger partial charge in [-0.1, -0.05) is 12.1 Å². The Labute approximate surface area is 275 Å². The molecule has 0 saturated heterocycles. The number of carbonyl (C=O) groups excluding carboxylic acids is 2. The molecule has 1 aliphatic heterocycles. The van der Waals surface area contributed by atoms with Gasteiger partial charge in [-0.2, -0.15) is 23.5 Å². The zero-order valence-corrected chi connectivity index (χ0v) is 26.7. The third-order valence-electron chi connectivity index (χ3n) is 7.41. The first-order valence-electron chi connectivity index (χ1n) is 14.7. The van der Waals surface area contributed by atoms with Gasteiger partial charge in [-0.15, -0.1) is 10.2 Å². The number of amides is 2. The zero-order valence-electron chi connectivity index (χ0n) is 26.7. The van der Waals surface area contributed by atoms with E-state index in [1.807, 2.05) is 6.07 Å². The van der Waals surface area contributed by atoms with E-state index in [2.05, 4.69) is 20.6 Å². The third-order valence-corrected chi connectivity index (χ3v) is 7.41. The number of alkyl halides is 5. The van der Waals surface area contributed by atoms with E-state index >= 15 is 13.2 Å². The molecule has 2 amide bonds. The number of alkyl carbamates (subject to hydrolysis) is 1. The minimum atomic E-state index is -4.61. The lowest BCUT2D eigenvalue weighted by molar-refractivity contribution is -0.137. The SMILES string of the molecule is CC(C)(C)OC(=O)NC1CC(F)(F)c2cc(F)c(-c3nnc(C(C)(C)C#N)o3)cc2N(Cc2ccc(-n3cc(C(F)(F)F)cn3)cc2)C1=O. The Morgan fingerprint density at radius 1 is 1.12 bits per heavy atom. The van der Waals surface area contributed by atoms with Crippen LogP contribution < -0.4 is 10.2 Å². The Hall–Kier alpha value is -5.40. The maximum atomic E-state index is 15.9. The van der Waals surface area contributed by atoms with Gasteiger partial charge < -0.3 is 19.4 Å². The van der Waals surface area contributed by atoms with E-state index in [1.54, 1.807) is 20.8 Å². The van der Waals surface area contributed by atoms with Crippen molar-refractivity contribution in [2.24, 2.45) is 0 Å². The normalized spacial score (nSPS) is 16.5. The van der Waals surface area contributed by atoms with Crippen molar-refractivity contribution >= 4 is 17.7 Å².